The average Bonchev–Trinajstić information content (AvgIpc) is 3.57. The van der Waals surface area contributed by atoms with Gasteiger partial charge in [-0.15, -0.1) is 0 Å². The average molecular weight is 484 g/mol. The first kappa shape index (κ1) is 24.4. The lowest BCUT2D eigenvalue weighted by molar-refractivity contribution is 0.0927. The second-order valence-corrected chi connectivity index (χ2v) is 10.4. The van der Waals surface area contributed by atoms with Crippen molar-refractivity contribution in [3.8, 4) is 0 Å². The lowest BCUT2D eigenvalue weighted by atomic mass is 9.79. The molecule has 2 heterocycles. The molecule has 1 fully saturated rings. The molecule has 2 aromatic carbocycles. The molecule has 5 rings (SSSR count). The monoisotopic (exact) mass is 483 g/mol. The summed E-state index contributed by atoms with van der Waals surface area (Å²) in [5, 5.41) is 6.49. The Hall–Kier alpha value is -3.34. The summed E-state index contributed by atoms with van der Waals surface area (Å²) >= 11 is 0. The number of carbonyl (C=O) groups excluding carboxylic acids is 2. The van der Waals surface area contributed by atoms with E-state index in [0.717, 1.165) is 56.3 Å². The molecule has 0 spiro atoms. The molecule has 5 nitrogen and oxygen atoms in total. The number of hydrogen-bond donors (Lipinski definition) is 2. The van der Waals surface area contributed by atoms with Crippen LogP contribution in [0.1, 0.15) is 95.6 Å². The van der Waals surface area contributed by atoms with Gasteiger partial charge in [0.2, 0.25) is 0 Å². The third kappa shape index (κ3) is 4.84. The van der Waals surface area contributed by atoms with Crippen molar-refractivity contribution in [3.63, 3.8) is 0 Å². The minimum atomic E-state index is -0.0908. The van der Waals surface area contributed by atoms with E-state index in [1.54, 1.807) is 0 Å². The molecule has 0 bridgehead atoms. The minimum absolute atomic E-state index is 0.00151. The predicted molar refractivity (Wildman–Crippen MR) is 143 cm³/mol. The van der Waals surface area contributed by atoms with Gasteiger partial charge in [0.25, 0.3) is 11.8 Å². The highest BCUT2D eigenvalue weighted by molar-refractivity contribution is 6.01. The summed E-state index contributed by atoms with van der Waals surface area (Å²) in [5.74, 6) is -0.165. The quantitative estimate of drug-likeness (QED) is 0.416. The number of hydrogen-bond acceptors (Lipinski definition) is 2. The van der Waals surface area contributed by atoms with Crippen LogP contribution < -0.4 is 10.6 Å². The highest BCUT2D eigenvalue weighted by Gasteiger charge is 2.36. The fourth-order valence-electron chi connectivity index (χ4n) is 6.15. The van der Waals surface area contributed by atoms with Crippen LogP contribution in [0.5, 0.6) is 0 Å². The lowest BCUT2D eigenvalue weighted by Crippen LogP contribution is -2.39. The van der Waals surface area contributed by atoms with Gasteiger partial charge >= 0.3 is 0 Å². The molecule has 188 valence electrons. The maximum Gasteiger partial charge on any atom is 0.267 e. The topological polar surface area (TPSA) is 63.1 Å². The maximum absolute atomic E-state index is 13.5. The minimum Gasteiger partial charge on any atom is -0.350 e. The van der Waals surface area contributed by atoms with E-state index in [1.807, 2.05) is 42.5 Å². The van der Waals surface area contributed by atoms with Crippen LogP contribution in [0.3, 0.4) is 0 Å². The number of aromatic nitrogens is 1. The Balaban J connectivity index is 1.36. The van der Waals surface area contributed by atoms with E-state index < -0.39 is 0 Å². The van der Waals surface area contributed by atoms with Crippen LogP contribution in [0.25, 0.3) is 0 Å². The molecule has 1 aliphatic heterocycles. The maximum atomic E-state index is 13.5. The molecule has 36 heavy (non-hydrogen) atoms. The molecule has 0 saturated heterocycles. The van der Waals surface area contributed by atoms with Crippen LogP contribution >= 0.6 is 0 Å². The van der Waals surface area contributed by atoms with Crippen LogP contribution in [0, 0.1) is 0 Å². The summed E-state index contributed by atoms with van der Waals surface area (Å²) in [6.45, 7) is 3.49. The summed E-state index contributed by atoms with van der Waals surface area (Å²) in [6, 6.07) is 22.5. The standard InChI is InChI=1S/C31H37N3O2/c1-2-26(23-13-5-3-6-14-23)33-29(35)25-21-28(34-20-12-9-17-27(25)34)30(36)32-22-31(18-10-11-19-31)24-15-7-4-8-16-24/h3-8,13-16,21,26H,2,9-12,17-20,22H2,1H3,(H,32,36)(H,33,35)/t26-/m1/s1. The van der Waals surface area contributed by atoms with Crippen LogP contribution in [-0.4, -0.2) is 22.9 Å². The molecule has 5 heteroatoms. The van der Waals surface area contributed by atoms with Gasteiger partial charge in [-0.3, -0.25) is 9.59 Å². The third-order valence-electron chi connectivity index (χ3n) is 8.18. The number of nitrogens with one attached hydrogen (secondary N) is 2. The van der Waals surface area contributed by atoms with E-state index in [4.69, 9.17) is 0 Å². The number of benzene rings is 2. The molecule has 1 saturated carbocycles. The second kappa shape index (κ2) is 10.7. The number of amides is 2. The van der Waals surface area contributed by atoms with Crippen LogP contribution in [0.4, 0.5) is 0 Å². The first-order chi connectivity index (χ1) is 17.6. The van der Waals surface area contributed by atoms with Gasteiger partial charge in [-0.25, -0.2) is 0 Å². The normalized spacial score (nSPS) is 17.2. The molecular formula is C31H37N3O2. The number of nitrogens with zero attached hydrogens (tertiary/aromatic N) is 1. The second-order valence-electron chi connectivity index (χ2n) is 10.4. The van der Waals surface area contributed by atoms with Gasteiger partial charge in [-0.1, -0.05) is 80.4 Å². The Bertz CT molecular complexity index is 1190. The first-order valence-electron chi connectivity index (χ1n) is 13.5. The third-order valence-corrected chi connectivity index (χ3v) is 8.18. The van der Waals surface area contributed by atoms with Gasteiger partial charge in [0.15, 0.2) is 0 Å². The fraction of sp³-hybridized carbons (Fsp3) is 0.419. The Morgan fingerprint density at radius 2 is 1.61 bits per heavy atom. The van der Waals surface area contributed by atoms with Crippen molar-refractivity contribution in [1.82, 2.24) is 15.2 Å². The number of carbonyl (C=O) groups is 2. The molecule has 0 unspecified atom stereocenters. The molecule has 2 amide bonds. The van der Waals surface area contributed by atoms with E-state index in [0.29, 0.717) is 17.8 Å². The van der Waals surface area contributed by atoms with Crippen molar-refractivity contribution >= 4 is 11.8 Å². The number of fused-ring (bicyclic) bond motifs is 1. The van der Waals surface area contributed by atoms with Gasteiger partial charge in [-0.05, 0) is 55.7 Å². The fourth-order valence-corrected chi connectivity index (χ4v) is 6.15. The van der Waals surface area contributed by atoms with Crippen molar-refractivity contribution < 1.29 is 9.59 Å². The highest BCUT2D eigenvalue weighted by Crippen LogP contribution is 2.40. The molecule has 0 radical (unpaired) electrons. The molecular weight excluding hydrogens is 446 g/mol. The lowest BCUT2D eigenvalue weighted by Gasteiger charge is -2.30. The Morgan fingerprint density at radius 1 is 0.917 bits per heavy atom. The number of rotatable bonds is 8. The van der Waals surface area contributed by atoms with Crippen LogP contribution in [-0.2, 0) is 18.4 Å². The van der Waals surface area contributed by atoms with Gasteiger partial charge in [0.05, 0.1) is 11.6 Å². The predicted octanol–water partition coefficient (Wildman–Crippen LogP) is 5.95. The molecule has 1 atom stereocenters. The highest BCUT2D eigenvalue weighted by atomic mass is 16.2. The molecule has 1 aromatic heterocycles. The van der Waals surface area contributed by atoms with Crippen LogP contribution in [0.2, 0.25) is 0 Å². The zero-order chi connectivity index (χ0) is 25.0. The zero-order valence-corrected chi connectivity index (χ0v) is 21.3. The summed E-state index contributed by atoms with van der Waals surface area (Å²) in [5.41, 5.74) is 4.66. The van der Waals surface area contributed by atoms with Crippen molar-refractivity contribution in [1.29, 1.82) is 0 Å². The smallest absolute Gasteiger partial charge is 0.267 e. The van der Waals surface area contributed by atoms with Crippen molar-refractivity contribution in [3.05, 3.63) is 94.8 Å². The Kier molecular flexibility index (Phi) is 7.26. The van der Waals surface area contributed by atoms with Crippen molar-refractivity contribution in [2.24, 2.45) is 0 Å². The Labute approximate surface area is 214 Å². The van der Waals surface area contributed by atoms with E-state index in [2.05, 4.69) is 46.4 Å². The van der Waals surface area contributed by atoms with E-state index >= 15 is 0 Å². The first-order valence-corrected chi connectivity index (χ1v) is 13.5. The van der Waals surface area contributed by atoms with Crippen molar-refractivity contribution in [2.75, 3.05) is 6.54 Å². The van der Waals surface area contributed by atoms with Gasteiger partial charge < -0.3 is 15.2 Å². The van der Waals surface area contributed by atoms with Crippen molar-refractivity contribution in [2.45, 2.75) is 76.3 Å². The van der Waals surface area contributed by atoms with Gasteiger partial charge in [0, 0.05) is 24.2 Å². The van der Waals surface area contributed by atoms with E-state index in [1.165, 1.54) is 18.4 Å². The summed E-state index contributed by atoms with van der Waals surface area (Å²) in [7, 11) is 0. The van der Waals surface area contributed by atoms with Gasteiger partial charge in [0.1, 0.15) is 5.69 Å². The molecule has 2 N–H and O–H groups in total. The van der Waals surface area contributed by atoms with Gasteiger partial charge in [-0.2, -0.15) is 0 Å². The SMILES string of the molecule is CC[C@@H](NC(=O)c1cc(C(=O)NCC2(c3ccccc3)CCCC2)n2c1CCCC2)c1ccccc1. The summed E-state index contributed by atoms with van der Waals surface area (Å²) in [4.78, 5) is 27.0. The molecule has 3 aromatic rings. The summed E-state index contributed by atoms with van der Waals surface area (Å²) < 4.78 is 2.08. The largest absolute Gasteiger partial charge is 0.350 e. The van der Waals surface area contributed by atoms with E-state index in [9.17, 15) is 9.59 Å². The summed E-state index contributed by atoms with van der Waals surface area (Å²) in [6.07, 6.45) is 8.26. The van der Waals surface area contributed by atoms with E-state index in [-0.39, 0.29) is 23.3 Å². The molecule has 1 aliphatic carbocycles. The zero-order valence-electron chi connectivity index (χ0n) is 21.3. The molecule has 2 aliphatic rings. The van der Waals surface area contributed by atoms with Crippen LogP contribution in [0.15, 0.2) is 66.7 Å². The Morgan fingerprint density at radius 3 is 2.31 bits per heavy atom.